The highest BCUT2D eigenvalue weighted by Crippen LogP contribution is 2.21. The van der Waals surface area contributed by atoms with Gasteiger partial charge in [-0.25, -0.2) is 0 Å². The Morgan fingerprint density at radius 3 is 2.90 bits per heavy atom. The zero-order valence-corrected chi connectivity index (χ0v) is 11.4. The second-order valence-electron chi connectivity index (χ2n) is 4.63. The summed E-state index contributed by atoms with van der Waals surface area (Å²) in [5, 5.41) is 15.6. The van der Waals surface area contributed by atoms with E-state index in [1.807, 2.05) is 30.3 Å². The molecule has 2 heterocycles. The van der Waals surface area contributed by atoms with Gasteiger partial charge >= 0.3 is 0 Å². The lowest BCUT2D eigenvalue weighted by Gasteiger charge is -2.07. The molecule has 1 aromatic carbocycles. The molecule has 0 aliphatic carbocycles. The van der Waals surface area contributed by atoms with Crippen LogP contribution < -0.4 is 10.6 Å². The number of β-amino-alcohol motifs (C(OH)–C–C–N with tert-alkyl or cyclic N) is 1. The molecule has 3 rings (SSSR count). The van der Waals surface area contributed by atoms with E-state index in [-0.39, 0.29) is 11.9 Å². The predicted octanol–water partition coefficient (Wildman–Crippen LogP) is 0.866. The van der Waals surface area contributed by atoms with Crippen LogP contribution in [0.3, 0.4) is 0 Å². The molecule has 1 fully saturated rings. The number of hydrogen-bond acceptors (Lipinski definition) is 6. The summed E-state index contributed by atoms with van der Waals surface area (Å²) in [5.41, 5.74) is 0.915. The summed E-state index contributed by atoms with van der Waals surface area (Å²) < 4.78 is 4.23. The third-order valence-corrected chi connectivity index (χ3v) is 3.74. The van der Waals surface area contributed by atoms with Gasteiger partial charge in [-0.15, -0.1) is 0 Å². The van der Waals surface area contributed by atoms with Gasteiger partial charge in [0, 0.05) is 23.6 Å². The molecule has 0 saturated carbocycles. The number of nitrogens with one attached hydrogen (secondary N) is 2. The van der Waals surface area contributed by atoms with Crippen LogP contribution in [-0.2, 0) is 4.79 Å². The number of aromatic nitrogens is 2. The van der Waals surface area contributed by atoms with E-state index in [2.05, 4.69) is 20.0 Å². The minimum absolute atomic E-state index is 0.183. The van der Waals surface area contributed by atoms with Crippen LogP contribution in [-0.4, -0.2) is 39.1 Å². The van der Waals surface area contributed by atoms with E-state index in [0.29, 0.717) is 23.9 Å². The maximum Gasteiger partial charge on any atom is 0.243 e. The van der Waals surface area contributed by atoms with E-state index >= 15 is 0 Å². The van der Waals surface area contributed by atoms with Crippen molar-refractivity contribution in [3.63, 3.8) is 0 Å². The number of aliphatic hydroxyl groups excluding tert-OH is 1. The lowest BCUT2D eigenvalue weighted by molar-refractivity contribution is -0.117. The molecule has 1 amide bonds. The van der Waals surface area contributed by atoms with Crippen LogP contribution in [0, 0.1) is 0 Å². The van der Waals surface area contributed by atoms with E-state index < -0.39 is 6.10 Å². The average Bonchev–Trinajstić information content (AvgIpc) is 3.09. The van der Waals surface area contributed by atoms with E-state index in [4.69, 9.17) is 0 Å². The first-order valence-electron chi connectivity index (χ1n) is 6.34. The highest BCUT2D eigenvalue weighted by Gasteiger charge is 2.28. The predicted molar refractivity (Wildman–Crippen MR) is 76.4 cm³/mol. The lowest BCUT2D eigenvalue weighted by Crippen LogP contribution is -2.35. The Morgan fingerprint density at radius 2 is 2.20 bits per heavy atom. The molecule has 3 N–H and O–H groups in total. The molecule has 0 bridgehead atoms. The summed E-state index contributed by atoms with van der Waals surface area (Å²) in [7, 11) is 0. The Kier molecular flexibility index (Phi) is 3.72. The fourth-order valence-electron chi connectivity index (χ4n) is 2.09. The van der Waals surface area contributed by atoms with E-state index in [1.54, 1.807) is 0 Å². The van der Waals surface area contributed by atoms with E-state index in [1.165, 1.54) is 0 Å². The van der Waals surface area contributed by atoms with Gasteiger partial charge in [-0.05, 0) is 6.42 Å². The molecule has 2 aromatic rings. The van der Waals surface area contributed by atoms with Crippen molar-refractivity contribution in [2.75, 3.05) is 11.9 Å². The second kappa shape index (κ2) is 5.66. The van der Waals surface area contributed by atoms with Crippen molar-refractivity contribution in [1.29, 1.82) is 0 Å². The SMILES string of the molecule is O=C(Nc1nc(-c2ccccc2)ns1)[C@@H]1C[C@@H](O)CN1. The Balaban J connectivity index is 1.67. The molecular weight excluding hydrogens is 276 g/mol. The monoisotopic (exact) mass is 290 g/mol. The molecular formula is C13H14N4O2S. The van der Waals surface area contributed by atoms with E-state index in [0.717, 1.165) is 17.1 Å². The summed E-state index contributed by atoms with van der Waals surface area (Å²) in [6, 6.07) is 9.23. The van der Waals surface area contributed by atoms with Gasteiger partial charge in [0.1, 0.15) is 0 Å². The summed E-state index contributed by atoms with van der Waals surface area (Å²) >= 11 is 1.15. The van der Waals surface area contributed by atoms with Gasteiger partial charge in [0.2, 0.25) is 11.0 Å². The Bertz CT molecular complexity index is 601. The molecule has 0 unspecified atom stereocenters. The number of nitrogens with zero attached hydrogens (tertiary/aromatic N) is 2. The van der Waals surface area contributed by atoms with Crippen LogP contribution in [0.1, 0.15) is 6.42 Å². The second-order valence-corrected chi connectivity index (χ2v) is 5.38. The maximum atomic E-state index is 12.0. The van der Waals surface area contributed by atoms with Crippen molar-refractivity contribution >= 4 is 22.6 Å². The fraction of sp³-hybridized carbons (Fsp3) is 0.308. The van der Waals surface area contributed by atoms with Crippen LogP contribution in [0.2, 0.25) is 0 Å². The van der Waals surface area contributed by atoms with Crippen molar-refractivity contribution in [1.82, 2.24) is 14.7 Å². The number of benzene rings is 1. The Hall–Kier alpha value is -1.83. The number of hydrogen-bond donors (Lipinski definition) is 3. The molecule has 6 nitrogen and oxygen atoms in total. The van der Waals surface area contributed by atoms with Gasteiger partial charge in [0.15, 0.2) is 5.82 Å². The molecule has 0 spiro atoms. The van der Waals surface area contributed by atoms with E-state index in [9.17, 15) is 9.90 Å². The number of aliphatic hydroxyl groups is 1. The van der Waals surface area contributed by atoms with Gasteiger partial charge in [-0.1, -0.05) is 30.3 Å². The Morgan fingerprint density at radius 1 is 1.40 bits per heavy atom. The van der Waals surface area contributed by atoms with Gasteiger partial charge < -0.3 is 10.4 Å². The normalized spacial score (nSPS) is 21.9. The Labute approximate surface area is 120 Å². The van der Waals surface area contributed by atoms with Crippen LogP contribution in [0.4, 0.5) is 5.13 Å². The smallest absolute Gasteiger partial charge is 0.243 e. The van der Waals surface area contributed by atoms with Gasteiger partial charge in [0.25, 0.3) is 0 Å². The topological polar surface area (TPSA) is 87.1 Å². The minimum atomic E-state index is -0.458. The molecule has 1 aromatic heterocycles. The average molecular weight is 290 g/mol. The number of rotatable bonds is 3. The molecule has 1 aliphatic heterocycles. The van der Waals surface area contributed by atoms with Crippen LogP contribution in [0.25, 0.3) is 11.4 Å². The van der Waals surface area contributed by atoms with Crippen molar-refractivity contribution in [2.24, 2.45) is 0 Å². The number of amides is 1. The molecule has 0 radical (unpaired) electrons. The molecule has 1 saturated heterocycles. The first kappa shape index (κ1) is 13.2. The minimum Gasteiger partial charge on any atom is -0.392 e. The van der Waals surface area contributed by atoms with Gasteiger partial charge in [0.05, 0.1) is 12.1 Å². The third kappa shape index (κ3) is 2.84. The van der Waals surface area contributed by atoms with Crippen LogP contribution in [0.5, 0.6) is 0 Å². The summed E-state index contributed by atoms with van der Waals surface area (Å²) in [6.45, 7) is 0.448. The molecule has 104 valence electrons. The first-order chi connectivity index (χ1) is 9.72. The molecule has 1 aliphatic rings. The molecule has 20 heavy (non-hydrogen) atoms. The zero-order chi connectivity index (χ0) is 13.9. The van der Waals surface area contributed by atoms with Gasteiger partial charge in [-0.2, -0.15) is 9.36 Å². The first-order valence-corrected chi connectivity index (χ1v) is 7.11. The molecule has 7 heteroatoms. The summed E-state index contributed by atoms with van der Waals surface area (Å²) in [6.07, 6.45) is -0.0315. The third-order valence-electron chi connectivity index (χ3n) is 3.11. The quantitative estimate of drug-likeness (QED) is 0.780. The molecule has 2 atom stereocenters. The lowest BCUT2D eigenvalue weighted by atomic mass is 10.2. The highest BCUT2D eigenvalue weighted by molar-refractivity contribution is 7.10. The fourth-order valence-corrected chi connectivity index (χ4v) is 2.68. The van der Waals surface area contributed by atoms with Gasteiger partial charge in [-0.3, -0.25) is 10.1 Å². The number of carbonyl (C=O) groups is 1. The number of anilines is 1. The van der Waals surface area contributed by atoms with Crippen molar-refractivity contribution in [2.45, 2.75) is 18.6 Å². The maximum absolute atomic E-state index is 12.0. The largest absolute Gasteiger partial charge is 0.392 e. The van der Waals surface area contributed by atoms with Crippen LogP contribution >= 0.6 is 11.5 Å². The number of carbonyl (C=O) groups excluding carboxylic acids is 1. The van der Waals surface area contributed by atoms with Crippen LogP contribution in [0.15, 0.2) is 30.3 Å². The van der Waals surface area contributed by atoms with Crippen molar-refractivity contribution in [3.05, 3.63) is 30.3 Å². The zero-order valence-electron chi connectivity index (χ0n) is 10.6. The van der Waals surface area contributed by atoms with Crippen molar-refractivity contribution < 1.29 is 9.90 Å². The standard InChI is InChI=1S/C13H14N4O2S/c18-9-6-10(14-7-9)12(19)16-13-15-11(17-20-13)8-4-2-1-3-5-8/h1-5,9-10,14,18H,6-7H2,(H,15,16,17,19)/t9-,10+/m1/s1. The summed E-state index contributed by atoms with van der Waals surface area (Å²) in [4.78, 5) is 16.3. The summed E-state index contributed by atoms with van der Waals surface area (Å²) in [5.74, 6) is 0.419. The highest BCUT2D eigenvalue weighted by atomic mass is 32.1. The van der Waals surface area contributed by atoms with Crippen molar-refractivity contribution in [3.8, 4) is 11.4 Å².